The lowest BCUT2D eigenvalue weighted by molar-refractivity contribution is -0.142. The van der Waals surface area contributed by atoms with E-state index in [2.05, 4.69) is 20.6 Å². The van der Waals surface area contributed by atoms with Crippen LogP contribution in [0.3, 0.4) is 0 Å². The SMILES string of the molecule is CC(=O)N[C@H](Cc1ccc(F)cc1)C(=O)N[C@H](Cc1cnc2ccccc2n1)C(=O)O. The molecule has 0 bridgehead atoms. The van der Waals surface area contributed by atoms with Crippen molar-refractivity contribution in [2.24, 2.45) is 0 Å². The number of benzene rings is 2. The Bertz CT molecular complexity index is 1100. The number of amides is 2. The van der Waals surface area contributed by atoms with Crippen molar-refractivity contribution in [3.8, 4) is 0 Å². The molecule has 31 heavy (non-hydrogen) atoms. The van der Waals surface area contributed by atoms with E-state index in [0.717, 1.165) is 0 Å². The molecule has 0 unspecified atom stereocenters. The van der Waals surface area contributed by atoms with E-state index < -0.39 is 35.7 Å². The second-order valence-electron chi connectivity index (χ2n) is 7.04. The molecule has 0 aliphatic carbocycles. The first-order chi connectivity index (χ1) is 14.8. The Kier molecular flexibility index (Phi) is 6.86. The lowest BCUT2D eigenvalue weighted by Crippen LogP contribution is -2.52. The normalized spacial score (nSPS) is 12.7. The van der Waals surface area contributed by atoms with Crippen LogP contribution in [0.1, 0.15) is 18.2 Å². The molecule has 0 saturated heterocycles. The summed E-state index contributed by atoms with van der Waals surface area (Å²) in [6.07, 6.45) is 1.46. The van der Waals surface area contributed by atoms with Gasteiger partial charge in [0.25, 0.3) is 0 Å². The predicted molar refractivity (Wildman–Crippen MR) is 111 cm³/mol. The first-order valence-electron chi connectivity index (χ1n) is 9.57. The molecular formula is C22H21FN4O4. The van der Waals surface area contributed by atoms with Gasteiger partial charge in [-0.15, -0.1) is 0 Å². The van der Waals surface area contributed by atoms with E-state index in [9.17, 15) is 23.9 Å². The molecular weight excluding hydrogens is 403 g/mol. The number of carbonyl (C=O) groups excluding carboxylic acids is 2. The van der Waals surface area contributed by atoms with Crippen molar-refractivity contribution in [1.82, 2.24) is 20.6 Å². The summed E-state index contributed by atoms with van der Waals surface area (Å²) in [7, 11) is 0. The van der Waals surface area contributed by atoms with Gasteiger partial charge in [0.15, 0.2) is 0 Å². The predicted octanol–water partition coefficient (Wildman–Crippen LogP) is 1.63. The number of halogens is 1. The van der Waals surface area contributed by atoms with Gasteiger partial charge in [-0.2, -0.15) is 0 Å². The molecule has 3 aromatic rings. The highest BCUT2D eigenvalue weighted by atomic mass is 19.1. The van der Waals surface area contributed by atoms with Crippen molar-refractivity contribution >= 4 is 28.8 Å². The molecule has 3 rings (SSSR count). The van der Waals surface area contributed by atoms with Gasteiger partial charge in [-0.25, -0.2) is 14.2 Å². The number of hydrogen-bond acceptors (Lipinski definition) is 5. The first-order valence-corrected chi connectivity index (χ1v) is 9.57. The van der Waals surface area contributed by atoms with Crippen LogP contribution in [0.2, 0.25) is 0 Å². The van der Waals surface area contributed by atoms with Crippen molar-refractivity contribution in [2.45, 2.75) is 31.8 Å². The van der Waals surface area contributed by atoms with Gasteiger partial charge in [-0.05, 0) is 29.8 Å². The minimum atomic E-state index is -1.27. The van der Waals surface area contributed by atoms with Crippen LogP contribution in [0.5, 0.6) is 0 Å². The topological polar surface area (TPSA) is 121 Å². The van der Waals surface area contributed by atoms with Gasteiger partial charge in [0.05, 0.1) is 16.7 Å². The summed E-state index contributed by atoms with van der Waals surface area (Å²) in [5.74, 6) is -2.78. The molecule has 3 N–H and O–H groups in total. The van der Waals surface area contributed by atoms with Crippen molar-refractivity contribution in [3.05, 3.63) is 71.8 Å². The number of nitrogens with zero attached hydrogens (tertiary/aromatic N) is 2. The van der Waals surface area contributed by atoms with Gasteiger partial charge in [0, 0.05) is 26.0 Å². The molecule has 2 atom stereocenters. The van der Waals surface area contributed by atoms with Crippen molar-refractivity contribution in [1.29, 1.82) is 0 Å². The number of aromatic nitrogens is 2. The highest BCUT2D eigenvalue weighted by Crippen LogP contribution is 2.11. The van der Waals surface area contributed by atoms with E-state index in [0.29, 0.717) is 22.3 Å². The molecule has 0 saturated carbocycles. The minimum Gasteiger partial charge on any atom is -0.480 e. The van der Waals surface area contributed by atoms with Gasteiger partial charge in [0.1, 0.15) is 17.9 Å². The fraction of sp³-hybridized carbons (Fsp3) is 0.227. The summed E-state index contributed by atoms with van der Waals surface area (Å²) < 4.78 is 13.1. The van der Waals surface area contributed by atoms with Crippen molar-refractivity contribution in [3.63, 3.8) is 0 Å². The molecule has 0 spiro atoms. The van der Waals surface area contributed by atoms with Crippen LogP contribution < -0.4 is 10.6 Å². The Morgan fingerprint density at radius 1 is 0.968 bits per heavy atom. The van der Waals surface area contributed by atoms with E-state index in [4.69, 9.17) is 0 Å². The zero-order valence-electron chi connectivity index (χ0n) is 16.7. The van der Waals surface area contributed by atoms with E-state index in [1.54, 1.807) is 18.2 Å². The lowest BCUT2D eigenvalue weighted by atomic mass is 10.0. The summed E-state index contributed by atoms with van der Waals surface area (Å²) in [6.45, 7) is 1.25. The first kappa shape index (κ1) is 21.8. The Morgan fingerprint density at radius 3 is 2.29 bits per heavy atom. The van der Waals surface area contributed by atoms with Crippen LogP contribution in [-0.4, -0.2) is 44.9 Å². The van der Waals surface area contributed by atoms with E-state index >= 15 is 0 Å². The maximum Gasteiger partial charge on any atom is 0.326 e. The molecule has 2 aromatic carbocycles. The van der Waals surface area contributed by atoms with Crippen LogP contribution in [-0.2, 0) is 27.2 Å². The van der Waals surface area contributed by atoms with Crippen LogP contribution in [0.25, 0.3) is 11.0 Å². The molecule has 1 aromatic heterocycles. The van der Waals surface area contributed by atoms with E-state index in [-0.39, 0.29) is 12.8 Å². The van der Waals surface area contributed by atoms with Crippen LogP contribution >= 0.6 is 0 Å². The van der Waals surface area contributed by atoms with E-state index in [1.165, 1.54) is 37.4 Å². The summed E-state index contributed by atoms with van der Waals surface area (Å²) >= 11 is 0. The Hall–Kier alpha value is -3.88. The Balaban J connectivity index is 1.74. The molecule has 0 aliphatic heterocycles. The third kappa shape index (κ3) is 6.05. The molecule has 1 heterocycles. The van der Waals surface area contributed by atoms with Crippen LogP contribution in [0.4, 0.5) is 4.39 Å². The number of nitrogens with one attached hydrogen (secondary N) is 2. The third-order valence-electron chi connectivity index (χ3n) is 4.57. The van der Waals surface area contributed by atoms with Gasteiger partial charge < -0.3 is 15.7 Å². The summed E-state index contributed by atoms with van der Waals surface area (Å²) in [6, 6.07) is 10.4. The van der Waals surface area contributed by atoms with Gasteiger partial charge in [0.2, 0.25) is 11.8 Å². The Labute approximate surface area is 177 Å². The quantitative estimate of drug-likeness (QED) is 0.505. The number of carboxylic acid groups (broad SMARTS) is 1. The summed E-state index contributed by atoms with van der Waals surface area (Å²) in [4.78, 5) is 44.7. The molecule has 0 aliphatic rings. The third-order valence-corrected chi connectivity index (χ3v) is 4.57. The average molecular weight is 424 g/mol. The molecule has 160 valence electrons. The minimum absolute atomic E-state index is 0.0772. The Morgan fingerprint density at radius 2 is 1.65 bits per heavy atom. The number of rotatable bonds is 8. The zero-order valence-corrected chi connectivity index (χ0v) is 16.7. The van der Waals surface area contributed by atoms with E-state index in [1.807, 2.05) is 6.07 Å². The highest BCUT2D eigenvalue weighted by Gasteiger charge is 2.27. The van der Waals surface area contributed by atoms with Gasteiger partial charge >= 0.3 is 5.97 Å². The molecule has 8 nitrogen and oxygen atoms in total. The van der Waals surface area contributed by atoms with Crippen molar-refractivity contribution in [2.75, 3.05) is 0 Å². The number of hydrogen-bond donors (Lipinski definition) is 3. The number of aliphatic carboxylic acids is 1. The largest absolute Gasteiger partial charge is 0.480 e. The smallest absolute Gasteiger partial charge is 0.326 e. The molecule has 9 heteroatoms. The molecule has 0 fully saturated rings. The number of fused-ring (bicyclic) bond motifs is 1. The summed E-state index contributed by atoms with van der Waals surface area (Å²) in [5, 5.41) is 14.6. The fourth-order valence-corrected chi connectivity index (χ4v) is 3.09. The van der Waals surface area contributed by atoms with Gasteiger partial charge in [-0.1, -0.05) is 24.3 Å². The average Bonchev–Trinajstić information content (AvgIpc) is 2.73. The second-order valence-corrected chi connectivity index (χ2v) is 7.04. The van der Waals surface area contributed by atoms with Crippen LogP contribution in [0, 0.1) is 5.82 Å². The zero-order chi connectivity index (χ0) is 22.4. The number of carbonyl (C=O) groups is 3. The standard InChI is InChI=1S/C22H21FN4O4/c1-13(28)25-19(10-14-6-8-15(23)9-7-14)21(29)27-20(22(30)31)11-16-12-24-17-4-2-3-5-18(17)26-16/h2-9,12,19-20H,10-11H2,1H3,(H,25,28)(H,27,29)(H,30,31)/t19-,20-/m1/s1. The molecule has 2 amide bonds. The van der Waals surface area contributed by atoms with Crippen LogP contribution in [0.15, 0.2) is 54.7 Å². The maximum absolute atomic E-state index is 13.1. The second kappa shape index (κ2) is 9.75. The monoisotopic (exact) mass is 424 g/mol. The maximum atomic E-state index is 13.1. The lowest BCUT2D eigenvalue weighted by Gasteiger charge is -2.21. The van der Waals surface area contributed by atoms with Crippen molar-refractivity contribution < 1.29 is 23.9 Å². The highest BCUT2D eigenvalue weighted by molar-refractivity contribution is 5.90. The fourth-order valence-electron chi connectivity index (χ4n) is 3.09. The molecule has 0 radical (unpaired) electrons. The number of carboxylic acids is 1. The van der Waals surface area contributed by atoms with Gasteiger partial charge in [-0.3, -0.25) is 14.6 Å². The summed E-state index contributed by atoms with van der Waals surface area (Å²) in [5.41, 5.74) is 2.30. The number of para-hydroxylation sites is 2.